The van der Waals surface area contributed by atoms with Gasteiger partial charge in [0.1, 0.15) is 11.5 Å². The molecule has 6 atom stereocenters. The zero-order valence-corrected chi connectivity index (χ0v) is 15.9. The van der Waals surface area contributed by atoms with E-state index in [2.05, 4.69) is 0 Å². The van der Waals surface area contributed by atoms with Gasteiger partial charge in [-0.25, -0.2) is 4.39 Å². The van der Waals surface area contributed by atoms with Gasteiger partial charge in [-0.05, 0) is 67.6 Å². The molecule has 28 heavy (non-hydrogen) atoms. The van der Waals surface area contributed by atoms with E-state index in [0.717, 1.165) is 29.5 Å². The van der Waals surface area contributed by atoms with Crippen LogP contribution >= 0.6 is 0 Å². The molecule has 5 heteroatoms. The Morgan fingerprint density at radius 2 is 1.79 bits per heavy atom. The molecular formula is C23H23FO4. The van der Waals surface area contributed by atoms with Crippen LogP contribution < -0.4 is 4.74 Å². The molecule has 0 aromatic heterocycles. The number of carbonyl (C=O) groups excluding carboxylic acids is 1. The van der Waals surface area contributed by atoms with Crippen molar-refractivity contribution < 1.29 is 23.8 Å². The number of halogens is 1. The summed E-state index contributed by atoms with van der Waals surface area (Å²) in [6, 6.07) is 9.89. The van der Waals surface area contributed by atoms with Gasteiger partial charge < -0.3 is 14.6 Å². The Kier molecular flexibility index (Phi) is 4.07. The maximum Gasteiger partial charge on any atom is 0.165 e. The van der Waals surface area contributed by atoms with Crippen molar-refractivity contribution >= 4 is 5.78 Å². The summed E-state index contributed by atoms with van der Waals surface area (Å²) >= 11 is 0. The molecule has 1 N–H and O–H groups in total. The van der Waals surface area contributed by atoms with Gasteiger partial charge in [0.25, 0.3) is 0 Å². The van der Waals surface area contributed by atoms with Crippen LogP contribution in [0.4, 0.5) is 4.39 Å². The first kappa shape index (κ1) is 17.8. The van der Waals surface area contributed by atoms with Gasteiger partial charge in [-0.1, -0.05) is 12.1 Å². The molecule has 5 rings (SSSR count). The summed E-state index contributed by atoms with van der Waals surface area (Å²) in [5.74, 6) is -0.451. The number of hydrogen-bond donors (Lipinski definition) is 1. The number of para-hydroxylation sites is 1. The first-order valence-electron chi connectivity index (χ1n) is 9.86. The highest BCUT2D eigenvalue weighted by Gasteiger charge is 2.62. The Bertz CT molecular complexity index is 932. The molecule has 2 saturated heterocycles. The zero-order chi connectivity index (χ0) is 19.6. The second kappa shape index (κ2) is 6.39. The molecule has 2 aliphatic heterocycles. The molecule has 2 aromatic rings. The van der Waals surface area contributed by atoms with Crippen molar-refractivity contribution in [3.05, 3.63) is 58.9 Å². The Labute approximate surface area is 163 Å². The minimum Gasteiger partial charge on any atom is -0.454 e. The molecule has 0 spiro atoms. The minimum atomic E-state index is -0.719. The zero-order valence-electron chi connectivity index (χ0n) is 15.9. The smallest absolute Gasteiger partial charge is 0.165 e. The SMILES string of the molecule is Cc1cc(Oc2ccccc2F)cc(C)c1C1C(=O)C2C3CCC(O3)C2C1O. The third-order valence-electron chi connectivity index (χ3n) is 6.64. The standard InChI is InChI=1S/C23H23FO4/c1-11-9-13(27-15-6-4-3-5-14(15)24)10-12(2)18(11)21-22(25)19-16-7-8-17(28-16)20(19)23(21)26/h3-6,9-10,16-17,19-22,25H,7-8H2,1-2H3. The van der Waals surface area contributed by atoms with E-state index in [-0.39, 0.29) is 35.6 Å². The second-order valence-electron chi connectivity index (χ2n) is 8.27. The lowest BCUT2D eigenvalue weighted by Gasteiger charge is -2.24. The highest BCUT2D eigenvalue weighted by molar-refractivity contribution is 5.93. The van der Waals surface area contributed by atoms with E-state index in [1.807, 2.05) is 26.0 Å². The lowest BCUT2D eigenvalue weighted by atomic mass is 9.81. The number of ketones is 1. The quantitative estimate of drug-likeness (QED) is 0.870. The van der Waals surface area contributed by atoms with Crippen molar-refractivity contribution in [2.24, 2.45) is 11.8 Å². The van der Waals surface area contributed by atoms with Crippen LogP contribution in [-0.2, 0) is 9.53 Å². The average Bonchev–Trinajstić information content (AvgIpc) is 3.33. The van der Waals surface area contributed by atoms with Crippen LogP contribution in [0.25, 0.3) is 0 Å². The molecule has 2 aromatic carbocycles. The Morgan fingerprint density at radius 3 is 2.46 bits per heavy atom. The van der Waals surface area contributed by atoms with Gasteiger partial charge in [-0.15, -0.1) is 0 Å². The number of Topliss-reactive ketones (excluding diaryl/α,β-unsaturated/α-hetero) is 1. The Hall–Kier alpha value is -2.24. The van der Waals surface area contributed by atoms with Crippen molar-refractivity contribution in [2.45, 2.75) is 50.9 Å². The third kappa shape index (κ3) is 2.53. The number of aliphatic hydroxyl groups is 1. The van der Waals surface area contributed by atoms with E-state index in [1.54, 1.807) is 18.2 Å². The summed E-state index contributed by atoms with van der Waals surface area (Å²) in [5.41, 5.74) is 2.61. The van der Waals surface area contributed by atoms with Gasteiger partial charge in [0, 0.05) is 5.92 Å². The first-order chi connectivity index (χ1) is 13.5. The summed E-state index contributed by atoms with van der Waals surface area (Å²) in [4.78, 5) is 13.2. The molecule has 2 bridgehead atoms. The summed E-state index contributed by atoms with van der Waals surface area (Å²) in [6.45, 7) is 3.82. The second-order valence-corrected chi connectivity index (χ2v) is 8.27. The summed E-state index contributed by atoms with van der Waals surface area (Å²) in [5, 5.41) is 11.0. The normalized spacial score (nSPS) is 33.4. The number of hydrogen-bond acceptors (Lipinski definition) is 4. The van der Waals surface area contributed by atoms with Crippen molar-refractivity contribution in [1.82, 2.24) is 0 Å². The van der Waals surface area contributed by atoms with Crippen LogP contribution in [0.5, 0.6) is 11.5 Å². The molecule has 6 unspecified atom stereocenters. The molecule has 3 fully saturated rings. The Balaban J connectivity index is 1.48. The molecule has 3 aliphatic rings. The van der Waals surface area contributed by atoms with Gasteiger partial charge in [0.15, 0.2) is 11.6 Å². The molecule has 146 valence electrons. The highest BCUT2D eigenvalue weighted by Crippen LogP contribution is 2.55. The number of benzene rings is 2. The van der Waals surface area contributed by atoms with Crippen LogP contribution in [0.2, 0.25) is 0 Å². The van der Waals surface area contributed by atoms with Crippen molar-refractivity contribution in [2.75, 3.05) is 0 Å². The maximum atomic E-state index is 13.9. The highest BCUT2D eigenvalue weighted by atomic mass is 19.1. The maximum absolute atomic E-state index is 13.9. The van der Waals surface area contributed by atoms with Crippen LogP contribution in [0.1, 0.15) is 35.4 Å². The van der Waals surface area contributed by atoms with Crippen LogP contribution in [0.15, 0.2) is 36.4 Å². The lowest BCUT2D eigenvalue weighted by Crippen LogP contribution is -2.31. The number of rotatable bonds is 3. The molecule has 4 nitrogen and oxygen atoms in total. The largest absolute Gasteiger partial charge is 0.454 e. The molecule has 0 radical (unpaired) electrons. The molecular weight excluding hydrogens is 359 g/mol. The van der Waals surface area contributed by atoms with Gasteiger partial charge in [0.05, 0.1) is 30.1 Å². The fourth-order valence-corrected chi connectivity index (χ4v) is 5.57. The van der Waals surface area contributed by atoms with Crippen molar-refractivity contribution in [3.63, 3.8) is 0 Å². The number of carbonyl (C=O) groups is 1. The number of fused-ring (bicyclic) bond motifs is 5. The van der Waals surface area contributed by atoms with Crippen LogP contribution in [0, 0.1) is 31.5 Å². The number of aryl methyl sites for hydroxylation is 2. The minimum absolute atomic E-state index is 0.00299. The monoisotopic (exact) mass is 382 g/mol. The number of aliphatic hydroxyl groups excluding tert-OH is 1. The predicted octanol–water partition coefficient (Wildman–Crippen LogP) is 4.06. The van der Waals surface area contributed by atoms with Gasteiger partial charge >= 0.3 is 0 Å². The average molecular weight is 382 g/mol. The fourth-order valence-electron chi connectivity index (χ4n) is 5.57. The van der Waals surface area contributed by atoms with E-state index in [1.165, 1.54) is 6.07 Å². The number of ether oxygens (including phenoxy) is 2. The van der Waals surface area contributed by atoms with E-state index in [0.29, 0.717) is 5.75 Å². The molecule has 1 saturated carbocycles. The van der Waals surface area contributed by atoms with E-state index < -0.39 is 17.8 Å². The molecule has 2 heterocycles. The van der Waals surface area contributed by atoms with Crippen molar-refractivity contribution in [3.8, 4) is 11.5 Å². The van der Waals surface area contributed by atoms with Crippen LogP contribution in [0.3, 0.4) is 0 Å². The van der Waals surface area contributed by atoms with E-state index >= 15 is 0 Å². The van der Waals surface area contributed by atoms with Crippen molar-refractivity contribution in [1.29, 1.82) is 0 Å². The molecule has 0 amide bonds. The van der Waals surface area contributed by atoms with Gasteiger partial charge in [-0.3, -0.25) is 4.79 Å². The van der Waals surface area contributed by atoms with Crippen LogP contribution in [-0.4, -0.2) is 29.2 Å². The van der Waals surface area contributed by atoms with Gasteiger partial charge in [0.2, 0.25) is 0 Å². The summed E-state index contributed by atoms with van der Waals surface area (Å²) < 4.78 is 25.5. The van der Waals surface area contributed by atoms with E-state index in [9.17, 15) is 14.3 Å². The molecule has 1 aliphatic carbocycles. The Morgan fingerprint density at radius 1 is 1.11 bits per heavy atom. The fraction of sp³-hybridized carbons (Fsp3) is 0.435. The predicted molar refractivity (Wildman–Crippen MR) is 101 cm³/mol. The lowest BCUT2D eigenvalue weighted by molar-refractivity contribution is -0.124. The summed E-state index contributed by atoms with van der Waals surface area (Å²) in [6.07, 6.45) is 1.08. The topological polar surface area (TPSA) is 55.8 Å². The third-order valence-corrected chi connectivity index (χ3v) is 6.64. The first-order valence-corrected chi connectivity index (χ1v) is 9.86. The summed E-state index contributed by atoms with van der Waals surface area (Å²) in [7, 11) is 0. The van der Waals surface area contributed by atoms with Gasteiger partial charge in [-0.2, -0.15) is 0 Å². The van der Waals surface area contributed by atoms with E-state index in [4.69, 9.17) is 9.47 Å².